The fourth-order valence-electron chi connectivity index (χ4n) is 3.91. The zero-order chi connectivity index (χ0) is 22.2. The molecule has 6 nitrogen and oxygen atoms in total. The number of nitriles is 2. The molecular formula is C24H19N5OS. The highest BCUT2D eigenvalue weighted by molar-refractivity contribution is 7.10. The molecular weight excluding hydrogens is 406 g/mol. The minimum absolute atomic E-state index is 0.0406. The molecule has 2 aromatic carbocycles. The van der Waals surface area contributed by atoms with Crippen molar-refractivity contribution in [3.05, 3.63) is 81.5 Å². The summed E-state index contributed by atoms with van der Waals surface area (Å²) in [5.41, 5.74) is 2.93. The molecule has 1 saturated heterocycles. The van der Waals surface area contributed by atoms with Gasteiger partial charge in [-0.2, -0.15) is 10.5 Å². The van der Waals surface area contributed by atoms with E-state index in [0.717, 1.165) is 21.6 Å². The smallest absolute Gasteiger partial charge is 0.239 e. The number of amides is 1. The third-order valence-corrected chi connectivity index (χ3v) is 6.85. The zero-order valence-corrected chi connectivity index (χ0v) is 17.8. The fraction of sp³-hybridized carbons (Fsp3) is 0.167. The summed E-state index contributed by atoms with van der Waals surface area (Å²) in [4.78, 5) is 15.5. The summed E-state index contributed by atoms with van der Waals surface area (Å²) in [7, 11) is 1.58. The molecule has 0 spiro atoms. The van der Waals surface area contributed by atoms with Gasteiger partial charge in [-0.25, -0.2) is 0 Å². The molecule has 152 valence electrons. The number of nitrogens with one attached hydrogen (secondary N) is 2. The second-order valence-corrected chi connectivity index (χ2v) is 8.54. The van der Waals surface area contributed by atoms with Gasteiger partial charge in [0, 0.05) is 11.9 Å². The molecule has 0 saturated carbocycles. The van der Waals surface area contributed by atoms with E-state index in [9.17, 15) is 10.1 Å². The first-order chi connectivity index (χ1) is 14.9. The molecule has 1 fully saturated rings. The van der Waals surface area contributed by atoms with Crippen LogP contribution in [0.2, 0.25) is 0 Å². The first-order valence-electron chi connectivity index (χ1n) is 9.61. The van der Waals surface area contributed by atoms with Crippen molar-refractivity contribution in [3.63, 3.8) is 0 Å². The molecule has 2 atom stereocenters. The normalized spacial score (nSPS) is 20.6. The van der Waals surface area contributed by atoms with E-state index >= 15 is 0 Å². The Morgan fingerprint density at radius 3 is 2.45 bits per heavy atom. The quantitative estimate of drug-likeness (QED) is 0.658. The Morgan fingerprint density at radius 2 is 1.77 bits per heavy atom. The number of hydrogen-bond donors (Lipinski definition) is 2. The number of thiophene rings is 1. The highest BCUT2D eigenvalue weighted by Gasteiger charge is 2.49. The molecule has 1 aliphatic heterocycles. The molecule has 4 rings (SSSR count). The van der Waals surface area contributed by atoms with Crippen LogP contribution >= 0.6 is 11.3 Å². The summed E-state index contributed by atoms with van der Waals surface area (Å²) in [5, 5.41) is 31.8. The van der Waals surface area contributed by atoms with E-state index in [1.54, 1.807) is 37.4 Å². The van der Waals surface area contributed by atoms with Crippen LogP contribution in [0.3, 0.4) is 0 Å². The van der Waals surface area contributed by atoms with Crippen molar-refractivity contribution in [3.8, 4) is 23.3 Å². The number of hydrogen-bond acceptors (Lipinski definition) is 5. The van der Waals surface area contributed by atoms with Crippen molar-refractivity contribution in [2.24, 2.45) is 0 Å². The van der Waals surface area contributed by atoms with Gasteiger partial charge in [-0.15, -0.1) is 11.3 Å². The van der Waals surface area contributed by atoms with Gasteiger partial charge < -0.3 is 5.32 Å². The molecule has 2 heterocycles. The first-order valence-corrected chi connectivity index (χ1v) is 10.5. The zero-order valence-electron chi connectivity index (χ0n) is 17.0. The van der Waals surface area contributed by atoms with E-state index in [2.05, 4.69) is 17.5 Å². The van der Waals surface area contributed by atoms with Crippen LogP contribution in [-0.4, -0.2) is 23.8 Å². The monoisotopic (exact) mass is 425 g/mol. The van der Waals surface area contributed by atoms with Crippen LogP contribution in [0.15, 0.2) is 60.0 Å². The van der Waals surface area contributed by atoms with Crippen LogP contribution in [-0.2, 0) is 10.3 Å². The lowest BCUT2D eigenvalue weighted by atomic mass is 9.76. The van der Waals surface area contributed by atoms with Gasteiger partial charge >= 0.3 is 0 Å². The molecule has 0 radical (unpaired) electrons. The van der Waals surface area contributed by atoms with Crippen LogP contribution in [0.25, 0.3) is 11.1 Å². The van der Waals surface area contributed by atoms with Gasteiger partial charge in [0.2, 0.25) is 5.91 Å². The number of carbonyl (C=O) groups excluding carboxylic acids is 1. The topological polar surface area (TPSA) is 104 Å². The Bertz CT molecular complexity index is 1260. The van der Waals surface area contributed by atoms with E-state index in [1.807, 2.05) is 36.6 Å². The predicted octanol–water partition coefficient (Wildman–Crippen LogP) is 4.15. The van der Waals surface area contributed by atoms with Gasteiger partial charge in [0.25, 0.3) is 0 Å². The summed E-state index contributed by atoms with van der Waals surface area (Å²) in [6, 6.07) is 20.7. The maximum absolute atomic E-state index is 13.3. The lowest BCUT2D eigenvalue weighted by Gasteiger charge is -2.45. The number of nitrogens with zero attached hydrogens (tertiary/aromatic N) is 3. The predicted molar refractivity (Wildman–Crippen MR) is 119 cm³/mol. The Kier molecular flexibility index (Phi) is 5.06. The van der Waals surface area contributed by atoms with Crippen LogP contribution in [0.1, 0.15) is 34.4 Å². The SMILES string of the molecule is CN1C(=N)N[C@](C)(c2cc(-c3cccc(C#N)c3)cs2)[C@@H](c2ccc(C#N)cc2)C1=O. The Hall–Kier alpha value is -3.94. The van der Waals surface area contributed by atoms with Crippen LogP contribution < -0.4 is 5.32 Å². The van der Waals surface area contributed by atoms with Crippen molar-refractivity contribution in [2.75, 3.05) is 7.05 Å². The van der Waals surface area contributed by atoms with E-state index < -0.39 is 11.5 Å². The van der Waals surface area contributed by atoms with Crippen LogP contribution in [0, 0.1) is 28.1 Å². The maximum atomic E-state index is 13.3. The van der Waals surface area contributed by atoms with E-state index in [1.165, 1.54) is 16.2 Å². The number of likely N-dealkylation sites (N-methyl/N-ethyl adjacent to an activating group) is 1. The highest BCUT2D eigenvalue weighted by atomic mass is 32.1. The standard InChI is InChI=1S/C24H19N5OS/c1-24(20-11-19(14-31-20)18-5-3-4-16(10-18)13-26)21(22(30)29(2)23(27)28-24)17-8-6-15(12-25)7-9-17/h3-11,14,21H,1-2H3,(H2,27,28)/t21-,24+/m0/s1. The van der Waals surface area contributed by atoms with E-state index in [4.69, 9.17) is 10.7 Å². The van der Waals surface area contributed by atoms with Crippen LogP contribution in [0.4, 0.5) is 0 Å². The molecule has 2 N–H and O–H groups in total. The number of guanidine groups is 1. The van der Waals surface area contributed by atoms with Crippen molar-refractivity contribution in [2.45, 2.75) is 18.4 Å². The molecule has 1 amide bonds. The van der Waals surface area contributed by atoms with Gasteiger partial charge in [-0.1, -0.05) is 24.3 Å². The summed E-state index contributed by atoms with van der Waals surface area (Å²) >= 11 is 1.51. The van der Waals surface area contributed by atoms with Gasteiger partial charge in [0.15, 0.2) is 5.96 Å². The van der Waals surface area contributed by atoms with Gasteiger partial charge in [-0.05, 0) is 59.3 Å². The largest absolute Gasteiger partial charge is 0.345 e. The van der Waals surface area contributed by atoms with E-state index in [-0.39, 0.29) is 11.9 Å². The Balaban J connectivity index is 1.80. The molecule has 3 aromatic rings. The lowest BCUT2D eigenvalue weighted by molar-refractivity contribution is -0.131. The number of rotatable bonds is 3. The van der Waals surface area contributed by atoms with Crippen molar-refractivity contribution < 1.29 is 4.79 Å². The molecule has 7 heteroatoms. The van der Waals surface area contributed by atoms with Gasteiger partial charge in [-0.3, -0.25) is 15.1 Å². The third kappa shape index (κ3) is 3.46. The van der Waals surface area contributed by atoms with E-state index in [0.29, 0.717) is 11.1 Å². The molecule has 0 bridgehead atoms. The van der Waals surface area contributed by atoms with Crippen molar-refractivity contribution in [1.29, 1.82) is 15.9 Å². The highest BCUT2D eigenvalue weighted by Crippen LogP contribution is 2.44. The Labute approximate surface area is 184 Å². The minimum atomic E-state index is -0.843. The second kappa shape index (κ2) is 7.71. The summed E-state index contributed by atoms with van der Waals surface area (Å²) < 4.78 is 0. The van der Waals surface area contributed by atoms with Gasteiger partial charge in [0.1, 0.15) is 0 Å². The molecule has 1 aromatic heterocycles. The minimum Gasteiger partial charge on any atom is -0.345 e. The summed E-state index contributed by atoms with van der Waals surface area (Å²) in [6.07, 6.45) is 0. The first kappa shape index (κ1) is 20.3. The van der Waals surface area contributed by atoms with Crippen molar-refractivity contribution in [1.82, 2.24) is 10.2 Å². The summed E-state index contributed by atoms with van der Waals surface area (Å²) in [5.74, 6) is -0.715. The Morgan fingerprint density at radius 1 is 1.06 bits per heavy atom. The molecule has 0 unspecified atom stereocenters. The molecule has 1 aliphatic rings. The molecule has 0 aliphatic carbocycles. The number of carbonyl (C=O) groups is 1. The fourth-order valence-corrected chi connectivity index (χ4v) is 4.98. The number of benzene rings is 2. The maximum Gasteiger partial charge on any atom is 0.239 e. The average molecular weight is 426 g/mol. The third-order valence-electron chi connectivity index (χ3n) is 5.68. The average Bonchev–Trinajstić information content (AvgIpc) is 3.29. The van der Waals surface area contributed by atoms with Gasteiger partial charge in [0.05, 0.1) is 34.7 Å². The van der Waals surface area contributed by atoms with Crippen molar-refractivity contribution >= 4 is 23.2 Å². The second-order valence-electron chi connectivity index (χ2n) is 7.63. The summed E-state index contributed by atoms with van der Waals surface area (Å²) in [6.45, 7) is 1.93. The lowest BCUT2D eigenvalue weighted by Crippen LogP contribution is -2.62. The van der Waals surface area contributed by atoms with Crippen LogP contribution in [0.5, 0.6) is 0 Å². The molecule has 31 heavy (non-hydrogen) atoms.